The third-order valence-electron chi connectivity index (χ3n) is 8.75. The molecule has 1 unspecified atom stereocenters. The fourth-order valence-electron chi connectivity index (χ4n) is 6.79. The van der Waals surface area contributed by atoms with Gasteiger partial charge in [-0.15, -0.1) is 0 Å². The molecule has 40 heavy (non-hydrogen) atoms. The van der Waals surface area contributed by atoms with E-state index in [-0.39, 0.29) is 29.7 Å². The highest BCUT2D eigenvalue weighted by Gasteiger charge is 2.54. The molecule has 2 aliphatic heterocycles. The van der Waals surface area contributed by atoms with Gasteiger partial charge in [-0.2, -0.15) is 27.2 Å². The molecule has 1 saturated heterocycles. The molecule has 7 rings (SSSR count). The van der Waals surface area contributed by atoms with Gasteiger partial charge in [0, 0.05) is 17.8 Å². The summed E-state index contributed by atoms with van der Waals surface area (Å²) in [5.41, 5.74) is 2.07. The van der Waals surface area contributed by atoms with Crippen molar-refractivity contribution in [2.45, 2.75) is 61.4 Å². The van der Waals surface area contributed by atoms with Gasteiger partial charge in [0.25, 0.3) is 0 Å². The van der Waals surface area contributed by atoms with E-state index in [4.69, 9.17) is 0 Å². The van der Waals surface area contributed by atoms with E-state index in [1.807, 2.05) is 6.07 Å². The maximum atomic E-state index is 14.6. The van der Waals surface area contributed by atoms with Crippen LogP contribution >= 0.6 is 0 Å². The van der Waals surface area contributed by atoms with Crippen LogP contribution in [0, 0.1) is 5.95 Å². The van der Waals surface area contributed by atoms with Crippen molar-refractivity contribution in [3.8, 4) is 0 Å². The van der Waals surface area contributed by atoms with Crippen molar-refractivity contribution in [2.75, 3.05) is 18.0 Å². The number of amides is 4. The van der Waals surface area contributed by atoms with Crippen LogP contribution in [0.4, 0.5) is 28.0 Å². The van der Waals surface area contributed by atoms with Crippen molar-refractivity contribution in [1.82, 2.24) is 25.2 Å². The number of nitrogens with one attached hydrogen (secondary N) is 2. The van der Waals surface area contributed by atoms with E-state index in [0.29, 0.717) is 36.1 Å². The van der Waals surface area contributed by atoms with Crippen LogP contribution in [0.5, 0.6) is 0 Å². The van der Waals surface area contributed by atoms with Gasteiger partial charge in [0.1, 0.15) is 6.54 Å². The second kappa shape index (κ2) is 8.48. The summed E-state index contributed by atoms with van der Waals surface area (Å²) < 4.78 is 56.1. The van der Waals surface area contributed by atoms with Crippen LogP contribution in [0.3, 0.4) is 0 Å². The van der Waals surface area contributed by atoms with E-state index >= 15 is 0 Å². The first-order valence-corrected chi connectivity index (χ1v) is 13.2. The number of carbonyl (C=O) groups is 3. The molecule has 9 nitrogen and oxygen atoms in total. The zero-order valence-corrected chi connectivity index (χ0v) is 21.1. The van der Waals surface area contributed by atoms with Gasteiger partial charge in [-0.3, -0.25) is 14.9 Å². The zero-order chi connectivity index (χ0) is 28.0. The van der Waals surface area contributed by atoms with E-state index in [0.717, 1.165) is 34.0 Å². The Morgan fingerprint density at radius 3 is 2.58 bits per heavy atom. The number of fused-ring (bicyclic) bond motifs is 3. The minimum Gasteiger partial charge on any atom is -0.337 e. The first-order chi connectivity index (χ1) is 19.1. The molecule has 3 atom stereocenters. The van der Waals surface area contributed by atoms with Crippen LogP contribution in [0.2, 0.25) is 0 Å². The summed E-state index contributed by atoms with van der Waals surface area (Å²) in [6, 6.07) is 6.45. The Bertz CT molecular complexity index is 1590. The highest BCUT2D eigenvalue weighted by molar-refractivity contribution is 6.08. The monoisotopic (exact) mass is 556 g/mol. The minimum absolute atomic E-state index is 0.00264. The van der Waals surface area contributed by atoms with E-state index in [2.05, 4.69) is 20.7 Å². The average Bonchev–Trinajstić information content (AvgIpc) is 3.29. The van der Waals surface area contributed by atoms with Gasteiger partial charge in [-0.05, 0) is 54.4 Å². The van der Waals surface area contributed by atoms with Crippen molar-refractivity contribution in [3.63, 3.8) is 0 Å². The highest BCUT2D eigenvalue weighted by Crippen LogP contribution is 2.58. The summed E-state index contributed by atoms with van der Waals surface area (Å²) in [5.74, 6) is -2.83. The number of rotatable bonds is 4. The number of anilines is 1. The second-order valence-corrected chi connectivity index (χ2v) is 11.1. The molecule has 2 saturated carbocycles. The Balaban J connectivity index is 1.25. The molecule has 0 bridgehead atoms. The van der Waals surface area contributed by atoms with Gasteiger partial charge in [0.2, 0.25) is 17.8 Å². The number of benzene rings is 1. The second-order valence-electron chi connectivity index (χ2n) is 11.1. The number of nitrogens with zero attached hydrogens (tertiary/aromatic N) is 4. The lowest BCUT2D eigenvalue weighted by Gasteiger charge is -2.24. The smallest absolute Gasteiger partial charge is 0.337 e. The summed E-state index contributed by atoms with van der Waals surface area (Å²) in [4.78, 5) is 42.4. The molecular weight excluding hydrogens is 532 g/mol. The minimum atomic E-state index is -4.54. The predicted octanol–water partition coefficient (Wildman–Crippen LogP) is 3.78. The van der Waals surface area contributed by atoms with Crippen molar-refractivity contribution in [3.05, 3.63) is 58.8 Å². The summed E-state index contributed by atoms with van der Waals surface area (Å²) in [6.07, 6.45) is -0.216. The van der Waals surface area contributed by atoms with E-state index in [1.54, 1.807) is 18.2 Å². The lowest BCUT2D eigenvalue weighted by Crippen LogP contribution is -2.51. The van der Waals surface area contributed by atoms with E-state index in [1.165, 1.54) is 0 Å². The molecular formula is C27H24F4N6O3. The summed E-state index contributed by atoms with van der Waals surface area (Å²) in [5, 5.41) is 8.99. The van der Waals surface area contributed by atoms with Crippen molar-refractivity contribution in [2.24, 2.45) is 0 Å². The molecule has 13 heteroatoms. The number of carbonyl (C=O) groups excluding carboxylic acids is 3. The molecule has 3 aromatic rings. The van der Waals surface area contributed by atoms with Crippen LogP contribution in [0.15, 0.2) is 30.5 Å². The highest BCUT2D eigenvalue weighted by atomic mass is 19.4. The first kappa shape index (κ1) is 25.0. The van der Waals surface area contributed by atoms with Gasteiger partial charge in [0.15, 0.2) is 5.65 Å². The van der Waals surface area contributed by atoms with Gasteiger partial charge >= 0.3 is 12.2 Å². The first-order valence-electron chi connectivity index (χ1n) is 13.2. The maximum absolute atomic E-state index is 14.6. The SMILES string of the molecule is O=C1NCC(c2cc([C@H]3C[C@@H]3c3ccc4c(c3)N(CC(F)(F)F)C(=O)C43CCCC3)c3ncc(F)n3n2)C(=O)N1. The Morgan fingerprint density at radius 2 is 1.85 bits per heavy atom. The normalized spacial score (nSPS) is 25.4. The van der Waals surface area contributed by atoms with Crippen LogP contribution in [-0.4, -0.2) is 51.7 Å². The Morgan fingerprint density at radius 1 is 1.07 bits per heavy atom. The molecule has 4 aliphatic rings. The van der Waals surface area contributed by atoms with Crippen molar-refractivity contribution >= 4 is 29.2 Å². The van der Waals surface area contributed by atoms with Gasteiger partial charge in [0.05, 0.1) is 23.2 Å². The molecule has 1 aromatic carbocycles. The number of imidazole rings is 1. The number of aromatic nitrogens is 3. The fourth-order valence-corrected chi connectivity index (χ4v) is 6.79. The summed E-state index contributed by atoms with van der Waals surface area (Å²) in [7, 11) is 0. The number of halogens is 4. The van der Waals surface area contributed by atoms with Crippen molar-refractivity contribution < 1.29 is 31.9 Å². The number of urea groups is 1. The fraction of sp³-hybridized carbons (Fsp3) is 0.444. The summed E-state index contributed by atoms with van der Waals surface area (Å²) in [6.45, 7) is -1.33. The molecule has 3 fully saturated rings. The lowest BCUT2D eigenvalue weighted by atomic mass is 9.80. The molecule has 2 aliphatic carbocycles. The number of hydrogen-bond donors (Lipinski definition) is 2. The van der Waals surface area contributed by atoms with E-state index in [9.17, 15) is 31.9 Å². The number of imide groups is 1. The molecule has 4 amide bonds. The average molecular weight is 557 g/mol. The Labute approximate surface area is 224 Å². The van der Waals surface area contributed by atoms with Gasteiger partial charge in [-0.25, -0.2) is 9.78 Å². The molecule has 4 heterocycles. The molecule has 0 radical (unpaired) electrons. The standard InChI is InChI=1S/C27H24F4N6O3/c28-21-11-32-22-16(9-19(35-37(21)22)17-10-33-25(40)34-23(17)38)15-8-14(15)13-3-4-18-20(7-13)36(12-27(29,30)31)24(39)26(18)5-1-2-6-26/h3-4,7,9,11,14-15,17H,1-2,5-6,8,10,12H2,(H2,33,34,38,40)/t14-,15+,17?/m1/s1. The van der Waals surface area contributed by atoms with Crippen LogP contribution in [-0.2, 0) is 15.0 Å². The molecule has 208 valence electrons. The number of hydrogen-bond acceptors (Lipinski definition) is 5. The van der Waals surface area contributed by atoms with Crippen molar-refractivity contribution in [1.29, 1.82) is 0 Å². The Kier molecular flexibility index (Phi) is 5.30. The predicted molar refractivity (Wildman–Crippen MR) is 132 cm³/mol. The topological polar surface area (TPSA) is 109 Å². The molecule has 2 N–H and O–H groups in total. The largest absolute Gasteiger partial charge is 0.406 e. The van der Waals surface area contributed by atoms with Crippen LogP contribution < -0.4 is 15.5 Å². The Hall–Kier alpha value is -4.03. The van der Waals surface area contributed by atoms with Gasteiger partial charge in [-0.1, -0.05) is 25.0 Å². The third-order valence-corrected chi connectivity index (χ3v) is 8.75. The number of alkyl halides is 3. The molecule has 1 spiro atoms. The van der Waals surface area contributed by atoms with Gasteiger partial charge < -0.3 is 10.2 Å². The van der Waals surface area contributed by atoms with E-state index < -0.39 is 47.8 Å². The van der Waals surface area contributed by atoms with Crippen LogP contribution in [0.25, 0.3) is 5.65 Å². The maximum Gasteiger partial charge on any atom is 0.406 e. The van der Waals surface area contributed by atoms with Crippen LogP contribution in [0.1, 0.15) is 72.2 Å². The third kappa shape index (κ3) is 3.77. The zero-order valence-electron chi connectivity index (χ0n) is 21.1. The summed E-state index contributed by atoms with van der Waals surface area (Å²) >= 11 is 0. The lowest BCUT2D eigenvalue weighted by molar-refractivity contribution is -0.134. The molecule has 2 aromatic heterocycles. The quantitative estimate of drug-likeness (QED) is 0.476.